The van der Waals surface area contributed by atoms with Gasteiger partial charge in [0.2, 0.25) is 0 Å². The molecule has 0 aromatic heterocycles. The molecule has 1 N–H and O–H groups in total. The van der Waals surface area contributed by atoms with Crippen LogP contribution in [0.5, 0.6) is 0 Å². The smallest absolute Gasteiger partial charge is 0.328 e. The molecule has 0 radical (unpaired) electrons. The summed E-state index contributed by atoms with van der Waals surface area (Å²) in [6, 6.07) is -0.633. The Morgan fingerprint density at radius 3 is 2.71 bits per heavy atom. The van der Waals surface area contributed by atoms with Gasteiger partial charge in [0.1, 0.15) is 6.04 Å². The summed E-state index contributed by atoms with van der Waals surface area (Å²) >= 11 is 0. The third-order valence-electron chi connectivity index (χ3n) is 5.64. The van der Waals surface area contributed by atoms with Crippen LogP contribution in [0.3, 0.4) is 0 Å². The summed E-state index contributed by atoms with van der Waals surface area (Å²) in [4.78, 5) is 41.8. The normalized spacial score (nSPS) is 31.2. The van der Waals surface area contributed by atoms with Gasteiger partial charge in [-0.05, 0) is 18.8 Å². The van der Waals surface area contributed by atoms with Gasteiger partial charge in [-0.2, -0.15) is 0 Å². The van der Waals surface area contributed by atoms with Gasteiger partial charge in [-0.25, -0.2) is 4.79 Å². The number of esters is 1. The summed E-state index contributed by atoms with van der Waals surface area (Å²) in [6.45, 7) is 8.11. The van der Waals surface area contributed by atoms with E-state index in [9.17, 15) is 14.4 Å². The Bertz CT molecular complexity index is 612. The van der Waals surface area contributed by atoms with Crippen LogP contribution in [0.15, 0.2) is 0 Å². The molecule has 5 atom stereocenters. The number of hydrogen-bond donors (Lipinski definition) is 1. The molecule has 0 aromatic rings. The SMILES string of the molecule is CCC1CNCCN1C(=O)[C@H]1O[C@@H]2CN([C@@H](CC(C)C)C(=O)OC)C(=O)[C@@H]1O2. The second-order valence-electron chi connectivity index (χ2n) is 8.00. The first-order valence-electron chi connectivity index (χ1n) is 10.1. The molecule has 3 aliphatic rings. The maximum Gasteiger partial charge on any atom is 0.328 e. The van der Waals surface area contributed by atoms with E-state index in [-0.39, 0.29) is 30.3 Å². The fraction of sp³-hybridized carbons (Fsp3) is 0.842. The minimum Gasteiger partial charge on any atom is -0.467 e. The van der Waals surface area contributed by atoms with Crippen molar-refractivity contribution >= 4 is 17.8 Å². The van der Waals surface area contributed by atoms with Crippen LogP contribution in [0.1, 0.15) is 33.6 Å². The monoisotopic (exact) mass is 397 g/mol. The summed E-state index contributed by atoms with van der Waals surface area (Å²) in [6.07, 6.45) is -1.39. The van der Waals surface area contributed by atoms with Crippen molar-refractivity contribution in [3.63, 3.8) is 0 Å². The van der Waals surface area contributed by atoms with Crippen molar-refractivity contribution < 1.29 is 28.6 Å². The highest BCUT2D eigenvalue weighted by molar-refractivity contribution is 5.94. The van der Waals surface area contributed by atoms with Crippen LogP contribution in [0.4, 0.5) is 0 Å². The molecule has 0 aromatic carbocycles. The number of carbonyl (C=O) groups excluding carboxylic acids is 3. The van der Waals surface area contributed by atoms with E-state index in [0.29, 0.717) is 19.5 Å². The van der Waals surface area contributed by atoms with Crippen molar-refractivity contribution in [3.05, 3.63) is 0 Å². The number of ether oxygens (including phenoxy) is 3. The van der Waals surface area contributed by atoms with Gasteiger partial charge < -0.3 is 29.3 Å². The number of morpholine rings is 1. The summed E-state index contributed by atoms with van der Waals surface area (Å²) in [5.41, 5.74) is 0. The van der Waals surface area contributed by atoms with E-state index in [2.05, 4.69) is 5.32 Å². The van der Waals surface area contributed by atoms with Crippen molar-refractivity contribution in [2.24, 2.45) is 5.92 Å². The highest BCUT2D eigenvalue weighted by Gasteiger charge is 2.54. The molecule has 2 bridgehead atoms. The van der Waals surface area contributed by atoms with Gasteiger partial charge in [0, 0.05) is 25.7 Å². The van der Waals surface area contributed by atoms with Gasteiger partial charge in [-0.3, -0.25) is 9.59 Å². The molecule has 9 heteroatoms. The second kappa shape index (κ2) is 8.75. The Labute approximate surface area is 165 Å². The molecule has 3 heterocycles. The largest absolute Gasteiger partial charge is 0.467 e. The van der Waals surface area contributed by atoms with Crippen molar-refractivity contribution in [1.29, 1.82) is 0 Å². The van der Waals surface area contributed by atoms with Crippen LogP contribution >= 0.6 is 0 Å². The van der Waals surface area contributed by atoms with Crippen LogP contribution in [0, 0.1) is 5.92 Å². The molecule has 28 heavy (non-hydrogen) atoms. The average molecular weight is 397 g/mol. The number of hydrogen-bond acceptors (Lipinski definition) is 7. The molecule has 9 nitrogen and oxygen atoms in total. The first-order chi connectivity index (χ1) is 13.4. The summed E-state index contributed by atoms with van der Waals surface area (Å²) in [5.74, 6) is -0.859. The lowest BCUT2D eigenvalue weighted by Gasteiger charge is -2.38. The van der Waals surface area contributed by atoms with Crippen molar-refractivity contribution in [2.75, 3.05) is 33.3 Å². The number of nitrogens with one attached hydrogen (secondary N) is 1. The molecule has 3 aliphatic heterocycles. The van der Waals surface area contributed by atoms with Crippen LogP contribution in [-0.4, -0.2) is 91.5 Å². The van der Waals surface area contributed by atoms with Gasteiger partial charge in [0.15, 0.2) is 18.5 Å². The molecule has 158 valence electrons. The Kier molecular flexibility index (Phi) is 6.57. The molecule has 0 aliphatic carbocycles. The highest BCUT2D eigenvalue weighted by Crippen LogP contribution is 2.31. The standard InChI is InChI=1S/C19H31N3O6/c1-5-12-9-20-6-7-21(12)17(23)15-16-18(24)22(10-14(27-15)28-16)13(8-11(2)3)19(25)26-4/h11-16,20H,5-10H2,1-4H3/t12?,13-,14-,15-,16+/m0/s1. The minimum absolute atomic E-state index is 0.0697. The fourth-order valence-corrected chi connectivity index (χ4v) is 4.17. The third kappa shape index (κ3) is 4.01. The maximum absolute atomic E-state index is 13.1. The molecule has 0 saturated carbocycles. The molecule has 3 rings (SSSR count). The van der Waals surface area contributed by atoms with Gasteiger partial charge in [0.25, 0.3) is 11.8 Å². The number of carbonyl (C=O) groups is 3. The molecule has 3 saturated heterocycles. The zero-order valence-corrected chi connectivity index (χ0v) is 17.1. The van der Waals surface area contributed by atoms with Crippen LogP contribution in [0.25, 0.3) is 0 Å². The van der Waals surface area contributed by atoms with Gasteiger partial charge in [0.05, 0.1) is 13.7 Å². The summed E-state index contributed by atoms with van der Waals surface area (Å²) in [5, 5.41) is 3.28. The number of fused-ring (bicyclic) bond motifs is 2. The number of methoxy groups -OCH3 is 1. The van der Waals surface area contributed by atoms with E-state index in [1.165, 1.54) is 12.0 Å². The van der Waals surface area contributed by atoms with Gasteiger partial charge in [-0.15, -0.1) is 0 Å². The third-order valence-corrected chi connectivity index (χ3v) is 5.64. The molecule has 0 spiro atoms. The molecule has 1 unspecified atom stereocenters. The molecule has 3 fully saturated rings. The lowest BCUT2D eigenvalue weighted by Crippen LogP contribution is -2.60. The topological polar surface area (TPSA) is 97.4 Å². The Balaban J connectivity index is 1.77. The number of amides is 2. The van der Waals surface area contributed by atoms with E-state index in [0.717, 1.165) is 13.0 Å². The fourth-order valence-electron chi connectivity index (χ4n) is 4.17. The van der Waals surface area contributed by atoms with Crippen LogP contribution in [-0.2, 0) is 28.6 Å². The highest BCUT2D eigenvalue weighted by atomic mass is 16.7. The lowest BCUT2D eigenvalue weighted by atomic mass is 10.0. The Morgan fingerprint density at radius 2 is 2.07 bits per heavy atom. The number of piperazine rings is 1. The maximum atomic E-state index is 13.1. The van der Waals surface area contributed by atoms with E-state index in [1.54, 1.807) is 4.90 Å². The first-order valence-corrected chi connectivity index (χ1v) is 10.1. The number of nitrogens with zero attached hydrogens (tertiary/aromatic N) is 2. The van der Waals surface area contributed by atoms with Crippen molar-refractivity contribution in [3.8, 4) is 0 Å². The minimum atomic E-state index is -1.02. The predicted octanol–water partition coefficient (Wildman–Crippen LogP) is -0.263. The predicted molar refractivity (Wildman–Crippen MR) is 99.2 cm³/mol. The van der Waals surface area contributed by atoms with E-state index in [4.69, 9.17) is 14.2 Å². The van der Waals surface area contributed by atoms with E-state index < -0.39 is 30.5 Å². The Hall–Kier alpha value is -1.71. The van der Waals surface area contributed by atoms with E-state index >= 15 is 0 Å². The molecular weight excluding hydrogens is 366 g/mol. The quantitative estimate of drug-likeness (QED) is 0.617. The Morgan fingerprint density at radius 1 is 1.32 bits per heavy atom. The van der Waals surface area contributed by atoms with Gasteiger partial charge >= 0.3 is 5.97 Å². The van der Waals surface area contributed by atoms with Crippen LogP contribution < -0.4 is 5.32 Å². The zero-order valence-electron chi connectivity index (χ0n) is 17.1. The zero-order chi connectivity index (χ0) is 20.4. The van der Waals surface area contributed by atoms with E-state index in [1.807, 2.05) is 20.8 Å². The van der Waals surface area contributed by atoms with Crippen LogP contribution in [0.2, 0.25) is 0 Å². The average Bonchev–Trinajstić information content (AvgIpc) is 3.06. The second-order valence-corrected chi connectivity index (χ2v) is 8.00. The summed E-state index contributed by atoms with van der Waals surface area (Å²) in [7, 11) is 1.31. The van der Waals surface area contributed by atoms with Gasteiger partial charge in [-0.1, -0.05) is 20.8 Å². The molecule has 2 amide bonds. The molecular formula is C19H31N3O6. The first kappa shape index (κ1) is 21.0. The summed E-state index contributed by atoms with van der Waals surface area (Å²) < 4.78 is 16.4. The van der Waals surface area contributed by atoms with Crippen molar-refractivity contribution in [2.45, 2.75) is 64.2 Å². The number of rotatable bonds is 6. The van der Waals surface area contributed by atoms with Crippen molar-refractivity contribution in [1.82, 2.24) is 15.1 Å². The lowest BCUT2D eigenvalue weighted by molar-refractivity contribution is -0.174.